The summed E-state index contributed by atoms with van der Waals surface area (Å²) in [6, 6.07) is 8.61. The van der Waals surface area contributed by atoms with E-state index in [-0.39, 0.29) is 17.6 Å². The van der Waals surface area contributed by atoms with E-state index in [0.717, 1.165) is 12.8 Å². The van der Waals surface area contributed by atoms with Crippen LogP contribution >= 0.6 is 22.6 Å². The third kappa shape index (κ3) is 4.25. The molecule has 0 spiro atoms. The fourth-order valence-electron chi connectivity index (χ4n) is 3.40. The van der Waals surface area contributed by atoms with Crippen LogP contribution in [-0.2, 0) is 14.9 Å². The molecule has 1 heterocycles. The van der Waals surface area contributed by atoms with Gasteiger partial charge in [-0.3, -0.25) is 4.90 Å². The molecule has 2 aliphatic rings. The molecule has 1 saturated heterocycles. The fourth-order valence-corrected chi connectivity index (χ4v) is 3.76. The molecular formula is C21H28INO3. The van der Waals surface area contributed by atoms with Crippen molar-refractivity contribution >= 4 is 28.7 Å². The van der Waals surface area contributed by atoms with Gasteiger partial charge in [-0.25, -0.2) is 4.79 Å². The van der Waals surface area contributed by atoms with Crippen molar-refractivity contribution in [3.05, 3.63) is 45.6 Å². The molecule has 142 valence electrons. The number of carbonyl (C=O) groups is 1. The van der Waals surface area contributed by atoms with Gasteiger partial charge in [-0.1, -0.05) is 24.3 Å². The Morgan fingerprint density at radius 3 is 2.42 bits per heavy atom. The molecule has 0 N–H and O–H groups in total. The van der Waals surface area contributed by atoms with Crippen molar-refractivity contribution in [2.45, 2.75) is 70.2 Å². The van der Waals surface area contributed by atoms with E-state index in [1.165, 1.54) is 9.13 Å². The fraction of sp³-hybridized carbons (Fsp3) is 0.571. The average Bonchev–Trinajstić information content (AvgIpc) is 3.23. The Bertz CT molecular complexity index is 699. The number of amides is 1. The highest BCUT2D eigenvalue weighted by Gasteiger charge is 2.46. The monoisotopic (exact) mass is 469 g/mol. The number of carbonyl (C=O) groups excluding carboxylic acids is 1. The number of benzene rings is 1. The minimum atomic E-state index is -0.670. The molecule has 5 heteroatoms. The summed E-state index contributed by atoms with van der Waals surface area (Å²) < 4.78 is 12.7. The van der Waals surface area contributed by atoms with Crippen LogP contribution in [0.1, 0.15) is 53.0 Å². The molecule has 1 aromatic carbocycles. The first-order chi connectivity index (χ1) is 12.0. The van der Waals surface area contributed by atoms with Gasteiger partial charge in [-0.2, -0.15) is 0 Å². The van der Waals surface area contributed by atoms with Crippen LogP contribution in [0.2, 0.25) is 0 Å². The van der Waals surface area contributed by atoms with Crippen LogP contribution in [-0.4, -0.2) is 35.0 Å². The summed E-state index contributed by atoms with van der Waals surface area (Å²) in [6.45, 7) is 9.97. The standard InChI is InChI=1S/C21H28INO3/c1-19(2,3)26-18(24)23-17(14-25-20(23,4)5)10-11-21(12-13-21)15-6-8-16(22)9-7-15/h6-11,17H,12-14H2,1-5H3/b11-10-/t17-/m0/s1. The van der Waals surface area contributed by atoms with Crippen LogP contribution in [0.4, 0.5) is 4.79 Å². The van der Waals surface area contributed by atoms with Crippen molar-refractivity contribution in [3.8, 4) is 0 Å². The molecule has 0 bridgehead atoms. The lowest BCUT2D eigenvalue weighted by Crippen LogP contribution is -2.49. The van der Waals surface area contributed by atoms with E-state index in [2.05, 4.69) is 59.0 Å². The molecule has 1 aliphatic carbocycles. The minimum absolute atomic E-state index is 0.108. The molecule has 1 saturated carbocycles. The molecule has 1 atom stereocenters. The minimum Gasteiger partial charge on any atom is -0.444 e. The van der Waals surface area contributed by atoms with Gasteiger partial charge < -0.3 is 9.47 Å². The zero-order chi connectivity index (χ0) is 19.2. The van der Waals surface area contributed by atoms with Gasteiger partial charge in [-0.05, 0) is 87.7 Å². The zero-order valence-electron chi connectivity index (χ0n) is 16.2. The highest BCUT2D eigenvalue weighted by molar-refractivity contribution is 14.1. The molecule has 0 aromatic heterocycles. The van der Waals surface area contributed by atoms with Gasteiger partial charge in [0.25, 0.3) is 0 Å². The van der Waals surface area contributed by atoms with E-state index >= 15 is 0 Å². The summed E-state index contributed by atoms with van der Waals surface area (Å²) in [5.41, 5.74) is 0.257. The molecule has 1 aromatic rings. The van der Waals surface area contributed by atoms with Gasteiger partial charge in [0.15, 0.2) is 0 Å². The summed E-state index contributed by atoms with van der Waals surface area (Å²) in [5.74, 6) is 0. The zero-order valence-corrected chi connectivity index (χ0v) is 18.4. The Labute approximate surface area is 170 Å². The summed E-state index contributed by atoms with van der Waals surface area (Å²) in [5, 5.41) is 0. The lowest BCUT2D eigenvalue weighted by atomic mass is 9.95. The largest absolute Gasteiger partial charge is 0.444 e. The molecular weight excluding hydrogens is 441 g/mol. The van der Waals surface area contributed by atoms with Crippen molar-refractivity contribution < 1.29 is 14.3 Å². The van der Waals surface area contributed by atoms with Crippen molar-refractivity contribution in [3.63, 3.8) is 0 Å². The topological polar surface area (TPSA) is 38.8 Å². The summed E-state index contributed by atoms with van der Waals surface area (Å²) >= 11 is 2.33. The Morgan fingerprint density at radius 1 is 1.27 bits per heavy atom. The van der Waals surface area contributed by atoms with Crippen molar-refractivity contribution in [2.24, 2.45) is 0 Å². The van der Waals surface area contributed by atoms with Crippen molar-refractivity contribution in [2.75, 3.05) is 6.61 Å². The molecule has 0 radical (unpaired) electrons. The smallest absolute Gasteiger partial charge is 0.413 e. The van der Waals surface area contributed by atoms with Crippen molar-refractivity contribution in [1.82, 2.24) is 4.90 Å². The van der Waals surface area contributed by atoms with Gasteiger partial charge in [-0.15, -0.1) is 0 Å². The number of hydrogen-bond acceptors (Lipinski definition) is 3. The first kappa shape index (κ1) is 19.7. The molecule has 1 amide bonds. The molecule has 26 heavy (non-hydrogen) atoms. The van der Waals surface area contributed by atoms with Crippen LogP contribution < -0.4 is 0 Å². The van der Waals surface area contributed by atoms with E-state index in [0.29, 0.717) is 6.61 Å². The average molecular weight is 469 g/mol. The SMILES string of the molecule is CC(C)(C)OC(=O)N1[C@@H](/C=C\C2(c3ccc(I)cc3)CC2)COC1(C)C. The second kappa shape index (κ2) is 6.82. The van der Waals surface area contributed by atoms with Crippen LogP contribution in [0.3, 0.4) is 0 Å². The Hall–Kier alpha value is -1.08. The third-order valence-electron chi connectivity index (χ3n) is 4.95. The van der Waals surface area contributed by atoms with Gasteiger partial charge >= 0.3 is 6.09 Å². The number of hydrogen-bond donors (Lipinski definition) is 0. The van der Waals surface area contributed by atoms with Crippen LogP contribution in [0.5, 0.6) is 0 Å². The maximum atomic E-state index is 12.7. The number of halogens is 1. The number of allylic oxidation sites excluding steroid dienone is 1. The van der Waals surface area contributed by atoms with Gasteiger partial charge in [0, 0.05) is 8.99 Å². The molecule has 3 rings (SSSR count). The summed E-state index contributed by atoms with van der Waals surface area (Å²) in [4.78, 5) is 14.4. The lowest BCUT2D eigenvalue weighted by Gasteiger charge is -2.34. The Morgan fingerprint density at radius 2 is 1.88 bits per heavy atom. The molecule has 4 nitrogen and oxygen atoms in total. The van der Waals surface area contributed by atoms with Crippen LogP contribution in [0.25, 0.3) is 0 Å². The van der Waals surface area contributed by atoms with Gasteiger partial charge in [0.2, 0.25) is 0 Å². The molecule has 2 fully saturated rings. The van der Waals surface area contributed by atoms with Gasteiger partial charge in [0.05, 0.1) is 12.6 Å². The highest BCUT2D eigenvalue weighted by Crippen LogP contribution is 2.50. The van der Waals surface area contributed by atoms with E-state index in [1.54, 1.807) is 4.90 Å². The third-order valence-corrected chi connectivity index (χ3v) is 5.67. The van der Waals surface area contributed by atoms with E-state index < -0.39 is 11.3 Å². The number of ether oxygens (including phenoxy) is 2. The predicted octanol–water partition coefficient (Wildman–Crippen LogP) is 5.25. The normalized spacial score (nSPS) is 24.1. The van der Waals surface area contributed by atoms with Crippen LogP contribution in [0.15, 0.2) is 36.4 Å². The second-order valence-electron chi connectivity index (χ2n) is 8.70. The number of rotatable bonds is 3. The van der Waals surface area contributed by atoms with Crippen LogP contribution in [0, 0.1) is 3.57 Å². The quantitative estimate of drug-likeness (QED) is 0.449. The molecule has 1 aliphatic heterocycles. The van der Waals surface area contributed by atoms with Crippen molar-refractivity contribution in [1.29, 1.82) is 0 Å². The lowest BCUT2D eigenvalue weighted by molar-refractivity contribution is -0.0610. The summed E-state index contributed by atoms with van der Waals surface area (Å²) in [6.07, 6.45) is 6.36. The molecule has 0 unspecified atom stereocenters. The second-order valence-corrected chi connectivity index (χ2v) is 9.94. The number of nitrogens with zero attached hydrogens (tertiary/aromatic N) is 1. The van der Waals surface area contributed by atoms with E-state index in [4.69, 9.17) is 9.47 Å². The maximum Gasteiger partial charge on any atom is 0.413 e. The Kier molecular flexibility index (Phi) is 5.16. The van der Waals surface area contributed by atoms with Gasteiger partial charge in [0.1, 0.15) is 11.3 Å². The first-order valence-electron chi connectivity index (χ1n) is 9.14. The van der Waals surface area contributed by atoms with E-state index in [1.807, 2.05) is 34.6 Å². The predicted molar refractivity (Wildman–Crippen MR) is 111 cm³/mol. The first-order valence-corrected chi connectivity index (χ1v) is 10.2. The van der Waals surface area contributed by atoms with E-state index in [9.17, 15) is 4.79 Å². The Balaban J connectivity index is 1.78. The summed E-state index contributed by atoms with van der Waals surface area (Å²) in [7, 11) is 0. The highest BCUT2D eigenvalue weighted by atomic mass is 127. The maximum absolute atomic E-state index is 12.7.